The van der Waals surface area contributed by atoms with E-state index in [1.807, 2.05) is 13.8 Å². The molecule has 2 aromatic heterocycles. The first-order valence-corrected chi connectivity index (χ1v) is 9.52. The lowest BCUT2D eigenvalue weighted by atomic mass is 9.77. The van der Waals surface area contributed by atoms with Gasteiger partial charge in [-0.2, -0.15) is 8.78 Å². The number of alkyl halides is 2. The van der Waals surface area contributed by atoms with Gasteiger partial charge in [0.1, 0.15) is 5.15 Å². The van der Waals surface area contributed by atoms with Gasteiger partial charge in [-0.1, -0.05) is 11.6 Å². The summed E-state index contributed by atoms with van der Waals surface area (Å²) in [6, 6.07) is 1.94. The van der Waals surface area contributed by atoms with Crippen molar-refractivity contribution in [2.24, 2.45) is 5.92 Å². The van der Waals surface area contributed by atoms with Crippen LogP contribution in [0.3, 0.4) is 0 Å². The smallest absolute Gasteiger partial charge is 0.388 e. The second-order valence-electron chi connectivity index (χ2n) is 7.52. The molecule has 1 aliphatic carbocycles. The third kappa shape index (κ3) is 5.26. The molecule has 0 atom stereocenters. The summed E-state index contributed by atoms with van der Waals surface area (Å²) in [6.07, 6.45) is 7.77. The molecule has 0 aliphatic heterocycles. The number of rotatable bonds is 6. The normalized spacial score (nSPS) is 20.2. The predicted molar refractivity (Wildman–Crippen MR) is 103 cm³/mol. The average molecular weight is 413 g/mol. The summed E-state index contributed by atoms with van der Waals surface area (Å²) >= 11 is 6.06. The van der Waals surface area contributed by atoms with Crippen LogP contribution in [-0.2, 0) is 0 Å². The molecule has 0 unspecified atom stereocenters. The number of nitrogens with one attached hydrogen (secondary N) is 1. The van der Waals surface area contributed by atoms with Crippen molar-refractivity contribution in [1.82, 2.24) is 15.0 Å². The zero-order valence-corrected chi connectivity index (χ0v) is 16.5. The van der Waals surface area contributed by atoms with Gasteiger partial charge in [0.05, 0.1) is 23.7 Å². The number of aromatic nitrogens is 3. The van der Waals surface area contributed by atoms with E-state index in [0.29, 0.717) is 16.4 Å². The van der Waals surface area contributed by atoms with Crippen molar-refractivity contribution in [3.63, 3.8) is 0 Å². The number of anilines is 1. The second kappa shape index (κ2) is 8.53. The third-order valence-electron chi connectivity index (χ3n) is 5.07. The van der Waals surface area contributed by atoms with Gasteiger partial charge in [0.25, 0.3) is 0 Å². The number of hydrogen-bond donors (Lipinski definition) is 2. The Bertz CT molecular complexity index is 792. The number of nitrogens with zero attached hydrogens (tertiary/aromatic N) is 3. The molecule has 152 valence electrons. The third-order valence-corrected chi connectivity index (χ3v) is 5.28. The predicted octanol–water partition coefficient (Wildman–Crippen LogP) is 4.54. The fourth-order valence-corrected chi connectivity index (χ4v) is 3.68. The van der Waals surface area contributed by atoms with E-state index in [4.69, 9.17) is 11.6 Å². The molecule has 3 rings (SSSR count). The fraction of sp³-hybridized carbons (Fsp3) is 0.526. The lowest BCUT2D eigenvalue weighted by Crippen LogP contribution is -2.37. The average Bonchev–Trinajstić information content (AvgIpc) is 2.62. The molecule has 2 N–H and O–H groups in total. The highest BCUT2D eigenvalue weighted by Gasteiger charge is 2.31. The molecule has 28 heavy (non-hydrogen) atoms. The first kappa shape index (κ1) is 20.7. The van der Waals surface area contributed by atoms with Crippen molar-refractivity contribution < 1.29 is 18.6 Å². The van der Waals surface area contributed by atoms with Gasteiger partial charge in [-0.25, -0.2) is 15.0 Å². The van der Waals surface area contributed by atoms with E-state index in [9.17, 15) is 13.9 Å². The van der Waals surface area contributed by atoms with Crippen LogP contribution in [0.25, 0.3) is 11.3 Å². The van der Waals surface area contributed by atoms with Crippen molar-refractivity contribution in [1.29, 1.82) is 0 Å². The van der Waals surface area contributed by atoms with E-state index in [1.54, 1.807) is 12.3 Å². The molecular weight excluding hydrogens is 390 g/mol. The maximum atomic E-state index is 12.3. The highest BCUT2D eigenvalue weighted by atomic mass is 35.5. The molecule has 6 nitrogen and oxygen atoms in total. The summed E-state index contributed by atoms with van der Waals surface area (Å²) < 4.78 is 28.8. The van der Waals surface area contributed by atoms with Gasteiger partial charge in [0.2, 0.25) is 5.88 Å². The molecule has 0 aromatic carbocycles. The lowest BCUT2D eigenvalue weighted by Gasteiger charge is -2.36. The van der Waals surface area contributed by atoms with E-state index >= 15 is 0 Å². The molecule has 0 radical (unpaired) electrons. The van der Waals surface area contributed by atoms with Crippen LogP contribution >= 0.6 is 11.6 Å². The molecule has 1 fully saturated rings. The molecule has 1 saturated carbocycles. The topological polar surface area (TPSA) is 80.2 Å². The number of hydrogen-bond acceptors (Lipinski definition) is 6. The molecular formula is C19H23ClF2N4O2. The largest absolute Gasteiger partial charge is 0.415 e. The molecule has 0 spiro atoms. The van der Waals surface area contributed by atoms with Gasteiger partial charge in [-0.05, 0) is 51.5 Å². The van der Waals surface area contributed by atoms with Crippen LogP contribution in [0.15, 0.2) is 24.7 Å². The summed E-state index contributed by atoms with van der Waals surface area (Å²) in [7, 11) is 0. The Morgan fingerprint density at radius 3 is 2.43 bits per heavy atom. The van der Waals surface area contributed by atoms with E-state index in [-0.39, 0.29) is 17.8 Å². The Labute approximate surface area is 167 Å². The zero-order chi connectivity index (χ0) is 20.3. The summed E-state index contributed by atoms with van der Waals surface area (Å²) in [5.41, 5.74) is 1.22. The van der Waals surface area contributed by atoms with Crippen LogP contribution in [0.4, 0.5) is 14.5 Å². The van der Waals surface area contributed by atoms with Crippen LogP contribution in [0.5, 0.6) is 5.88 Å². The van der Waals surface area contributed by atoms with Crippen LogP contribution in [0.1, 0.15) is 39.5 Å². The Kier molecular flexibility index (Phi) is 6.30. The maximum absolute atomic E-state index is 12.3. The van der Waals surface area contributed by atoms with Crippen molar-refractivity contribution in [3.05, 3.63) is 29.8 Å². The van der Waals surface area contributed by atoms with E-state index in [2.05, 4.69) is 25.0 Å². The lowest BCUT2D eigenvalue weighted by molar-refractivity contribution is -0.0531. The van der Waals surface area contributed by atoms with Gasteiger partial charge >= 0.3 is 6.61 Å². The highest BCUT2D eigenvalue weighted by Crippen LogP contribution is 2.35. The number of pyridine rings is 1. The number of aliphatic hydroxyl groups is 1. The minimum absolute atomic E-state index is 0.227. The Morgan fingerprint density at radius 2 is 1.86 bits per heavy atom. The van der Waals surface area contributed by atoms with Crippen LogP contribution in [-0.4, -0.2) is 38.3 Å². The van der Waals surface area contributed by atoms with Gasteiger partial charge in [0, 0.05) is 23.5 Å². The first-order chi connectivity index (χ1) is 13.2. The van der Waals surface area contributed by atoms with Crippen LogP contribution < -0.4 is 10.1 Å². The molecule has 2 aromatic rings. The first-order valence-electron chi connectivity index (χ1n) is 9.14. The van der Waals surface area contributed by atoms with Gasteiger partial charge < -0.3 is 15.2 Å². The molecule has 0 amide bonds. The van der Waals surface area contributed by atoms with Crippen molar-refractivity contribution >= 4 is 17.3 Å². The van der Waals surface area contributed by atoms with Gasteiger partial charge in [-0.15, -0.1) is 0 Å². The summed E-state index contributed by atoms with van der Waals surface area (Å²) in [4.78, 5) is 12.1. The molecule has 2 heterocycles. The zero-order valence-electron chi connectivity index (χ0n) is 15.7. The number of ether oxygens (including phenoxy) is 1. The Morgan fingerprint density at radius 1 is 1.14 bits per heavy atom. The van der Waals surface area contributed by atoms with E-state index in [0.717, 1.165) is 37.6 Å². The van der Waals surface area contributed by atoms with Crippen molar-refractivity contribution in [2.45, 2.75) is 57.8 Å². The summed E-state index contributed by atoms with van der Waals surface area (Å²) in [6.45, 7) is 0.756. The van der Waals surface area contributed by atoms with Crippen molar-refractivity contribution in [3.8, 4) is 17.1 Å². The molecule has 0 bridgehead atoms. The standard InChI is InChI=1S/C19H23ClF2N4O2/c1-19(2,27)11-3-5-12(6-4-11)26-14-7-16(20)24-8-13(14)15-9-25-17(10-23-15)28-18(21)22/h7-12,18,27H,3-6H2,1-2H3,(H,24,26). The van der Waals surface area contributed by atoms with Gasteiger partial charge in [-0.3, -0.25) is 0 Å². The monoisotopic (exact) mass is 412 g/mol. The van der Waals surface area contributed by atoms with Crippen LogP contribution in [0.2, 0.25) is 5.15 Å². The summed E-state index contributed by atoms with van der Waals surface area (Å²) in [5, 5.41) is 14.0. The summed E-state index contributed by atoms with van der Waals surface area (Å²) in [5.74, 6) is 0.0272. The maximum Gasteiger partial charge on any atom is 0.388 e. The highest BCUT2D eigenvalue weighted by molar-refractivity contribution is 6.29. The van der Waals surface area contributed by atoms with Gasteiger partial charge in [0.15, 0.2) is 0 Å². The second-order valence-corrected chi connectivity index (χ2v) is 7.90. The van der Waals surface area contributed by atoms with Crippen LogP contribution in [0, 0.1) is 5.92 Å². The Balaban J connectivity index is 1.75. The fourth-order valence-electron chi connectivity index (χ4n) is 3.52. The Hall–Kier alpha value is -2.06. The minimum atomic E-state index is -2.95. The quantitative estimate of drug-likeness (QED) is 0.678. The van der Waals surface area contributed by atoms with E-state index < -0.39 is 12.2 Å². The molecule has 0 saturated heterocycles. The van der Waals surface area contributed by atoms with E-state index in [1.165, 1.54) is 6.20 Å². The molecule has 9 heteroatoms. The van der Waals surface area contributed by atoms with Crippen molar-refractivity contribution in [2.75, 3.05) is 5.32 Å². The molecule has 1 aliphatic rings. The SMILES string of the molecule is CC(C)(O)C1CCC(Nc2cc(Cl)ncc2-c2cnc(OC(F)F)cn2)CC1. The number of halogens is 3. The minimum Gasteiger partial charge on any atom is -0.415 e.